The maximum atomic E-state index is 6.73. The SMILES string of the molecule is C/C=C\c1c(C)sc2c3c(ccc12)C(C)(C)c1cc(-c2ccc4c5ccccc5c5ccccc5c4c2)ccc1O3. The van der Waals surface area contributed by atoms with Crippen LogP contribution in [0.1, 0.15) is 42.3 Å². The third kappa shape index (κ3) is 3.47. The topological polar surface area (TPSA) is 9.23 Å². The Bertz CT molecular complexity index is 2190. The molecule has 0 aliphatic carbocycles. The second-order valence-electron chi connectivity index (χ2n) is 11.7. The van der Waals surface area contributed by atoms with Crippen LogP contribution in [0.5, 0.6) is 11.5 Å². The highest BCUT2D eigenvalue weighted by atomic mass is 32.1. The summed E-state index contributed by atoms with van der Waals surface area (Å²) in [6, 6.07) is 35.8. The van der Waals surface area contributed by atoms with Crippen LogP contribution in [0, 0.1) is 6.92 Å². The molecular weight excluding hydrogens is 516 g/mol. The Morgan fingerprint density at radius 2 is 1.22 bits per heavy atom. The van der Waals surface area contributed by atoms with Gasteiger partial charge in [-0.1, -0.05) is 105 Å². The van der Waals surface area contributed by atoms with Crippen molar-refractivity contribution < 1.29 is 4.74 Å². The van der Waals surface area contributed by atoms with Gasteiger partial charge < -0.3 is 4.74 Å². The van der Waals surface area contributed by atoms with Crippen molar-refractivity contribution in [1.29, 1.82) is 0 Å². The first-order chi connectivity index (χ1) is 20.0. The molecule has 0 saturated carbocycles. The van der Waals surface area contributed by atoms with E-state index >= 15 is 0 Å². The minimum absolute atomic E-state index is 0.189. The molecule has 6 aromatic carbocycles. The summed E-state index contributed by atoms with van der Waals surface area (Å²) < 4.78 is 7.97. The van der Waals surface area contributed by atoms with Gasteiger partial charge in [-0.3, -0.25) is 0 Å². The van der Waals surface area contributed by atoms with Gasteiger partial charge in [-0.05, 0) is 81.1 Å². The standard InChI is InChI=1S/C39H30OS/c1-5-10-26-23(2)41-38-32(26)18-19-34-37(38)40-36-20-16-25(22-35(36)39(34,3)4)24-15-17-31-29-13-7-6-11-27(29)28-12-8-9-14-30(28)33(31)21-24/h5-22H,1-4H3/b10-5-. The first-order valence-corrected chi connectivity index (χ1v) is 15.1. The minimum atomic E-state index is -0.189. The second-order valence-corrected chi connectivity index (χ2v) is 12.9. The predicted octanol–water partition coefficient (Wildman–Crippen LogP) is 11.8. The Hall–Kier alpha value is -4.40. The van der Waals surface area contributed by atoms with E-state index in [1.165, 1.54) is 75.1 Å². The van der Waals surface area contributed by atoms with Gasteiger partial charge in [0.25, 0.3) is 0 Å². The number of fused-ring (bicyclic) bond motifs is 10. The smallest absolute Gasteiger partial charge is 0.149 e. The predicted molar refractivity (Wildman–Crippen MR) is 178 cm³/mol. The lowest BCUT2D eigenvalue weighted by Crippen LogP contribution is -2.24. The number of hydrogen-bond acceptors (Lipinski definition) is 2. The van der Waals surface area contributed by atoms with Gasteiger partial charge in [0.2, 0.25) is 0 Å². The molecule has 0 unspecified atom stereocenters. The van der Waals surface area contributed by atoms with Crippen molar-refractivity contribution in [2.24, 2.45) is 0 Å². The van der Waals surface area contributed by atoms with E-state index in [0.717, 1.165) is 11.5 Å². The molecule has 0 fully saturated rings. The summed E-state index contributed by atoms with van der Waals surface area (Å²) in [4.78, 5) is 1.32. The fourth-order valence-electron chi connectivity index (χ4n) is 6.87. The van der Waals surface area contributed by atoms with Crippen LogP contribution in [0.3, 0.4) is 0 Å². The van der Waals surface area contributed by atoms with Crippen molar-refractivity contribution >= 4 is 59.8 Å². The largest absolute Gasteiger partial charge is 0.455 e. The fourth-order valence-corrected chi connectivity index (χ4v) is 8.00. The van der Waals surface area contributed by atoms with Crippen LogP contribution in [0.2, 0.25) is 0 Å². The molecule has 198 valence electrons. The zero-order valence-corrected chi connectivity index (χ0v) is 24.5. The van der Waals surface area contributed by atoms with Crippen molar-refractivity contribution in [2.45, 2.75) is 33.1 Å². The normalized spacial score (nSPS) is 14.1. The van der Waals surface area contributed by atoms with Crippen molar-refractivity contribution in [2.75, 3.05) is 0 Å². The number of thiophene rings is 1. The fraction of sp³-hybridized carbons (Fsp3) is 0.128. The lowest BCUT2D eigenvalue weighted by Gasteiger charge is -2.35. The van der Waals surface area contributed by atoms with E-state index in [-0.39, 0.29) is 5.41 Å². The van der Waals surface area contributed by atoms with Gasteiger partial charge >= 0.3 is 0 Å². The summed E-state index contributed by atoms with van der Waals surface area (Å²) in [6.07, 6.45) is 4.33. The first-order valence-electron chi connectivity index (χ1n) is 14.3. The molecule has 0 bridgehead atoms. The molecule has 41 heavy (non-hydrogen) atoms. The third-order valence-corrected chi connectivity index (χ3v) is 10.1. The number of ether oxygens (including phenoxy) is 1. The molecule has 0 radical (unpaired) electrons. The summed E-state index contributed by atoms with van der Waals surface area (Å²) in [6.45, 7) is 8.94. The van der Waals surface area contributed by atoms with Crippen molar-refractivity contribution in [1.82, 2.24) is 0 Å². The summed E-state index contributed by atoms with van der Waals surface area (Å²) in [5, 5.41) is 9.08. The lowest BCUT2D eigenvalue weighted by atomic mass is 9.75. The first kappa shape index (κ1) is 24.4. The van der Waals surface area contributed by atoms with Gasteiger partial charge in [0, 0.05) is 26.8 Å². The van der Waals surface area contributed by atoms with E-state index in [0.29, 0.717) is 0 Å². The average molecular weight is 547 g/mol. The lowest BCUT2D eigenvalue weighted by molar-refractivity contribution is 0.424. The molecule has 0 saturated heterocycles. The average Bonchev–Trinajstić information content (AvgIpc) is 3.32. The van der Waals surface area contributed by atoms with E-state index in [4.69, 9.17) is 4.74 Å². The molecule has 1 aliphatic heterocycles. The zero-order chi connectivity index (χ0) is 27.9. The molecule has 0 N–H and O–H groups in total. The Kier molecular flexibility index (Phi) is 5.24. The highest BCUT2D eigenvalue weighted by Crippen LogP contribution is 2.53. The summed E-state index contributed by atoms with van der Waals surface area (Å²) in [7, 11) is 0. The monoisotopic (exact) mass is 546 g/mol. The van der Waals surface area contributed by atoms with E-state index in [9.17, 15) is 0 Å². The molecule has 1 nitrogen and oxygen atoms in total. The third-order valence-electron chi connectivity index (χ3n) is 8.99. The van der Waals surface area contributed by atoms with Crippen molar-refractivity contribution in [3.05, 3.63) is 125 Å². The summed E-state index contributed by atoms with van der Waals surface area (Å²) in [5.74, 6) is 1.97. The zero-order valence-electron chi connectivity index (χ0n) is 23.7. The van der Waals surface area contributed by atoms with Crippen LogP contribution in [0.25, 0.3) is 59.6 Å². The maximum Gasteiger partial charge on any atom is 0.149 e. The number of rotatable bonds is 2. The Labute approximate surface area is 244 Å². The van der Waals surface area contributed by atoms with Crippen molar-refractivity contribution in [3.8, 4) is 22.6 Å². The van der Waals surface area contributed by atoms with E-state index < -0.39 is 0 Å². The highest BCUT2D eigenvalue weighted by molar-refractivity contribution is 7.19. The van der Waals surface area contributed by atoms with Crippen LogP contribution in [-0.4, -0.2) is 0 Å². The molecule has 0 amide bonds. The van der Waals surface area contributed by atoms with Crippen LogP contribution in [0.15, 0.2) is 103 Å². The minimum Gasteiger partial charge on any atom is -0.455 e. The number of allylic oxidation sites excluding steroid dienone is 1. The van der Waals surface area contributed by atoms with Crippen LogP contribution >= 0.6 is 11.3 Å². The molecule has 0 atom stereocenters. The maximum absolute atomic E-state index is 6.73. The van der Waals surface area contributed by atoms with E-state index in [2.05, 4.69) is 137 Å². The number of aryl methyl sites for hydroxylation is 1. The Morgan fingerprint density at radius 3 is 1.90 bits per heavy atom. The molecule has 2 heteroatoms. The summed E-state index contributed by atoms with van der Waals surface area (Å²) in [5.41, 5.74) is 6.03. The molecule has 1 aromatic heterocycles. The van der Waals surface area contributed by atoms with Gasteiger partial charge in [0.15, 0.2) is 0 Å². The van der Waals surface area contributed by atoms with E-state index in [1.807, 2.05) is 11.3 Å². The molecule has 2 heterocycles. The van der Waals surface area contributed by atoms with Crippen LogP contribution in [0.4, 0.5) is 0 Å². The number of hydrogen-bond donors (Lipinski definition) is 0. The second kappa shape index (κ2) is 8.80. The van der Waals surface area contributed by atoms with Gasteiger partial charge in [0.1, 0.15) is 11.5 Å². The highest BCUT2D eigenvalue weighted by Gasteiger charge is 2.36. The van der Waals surface area contributed by atoms with Crippen LogP contribution in [-0.2, 0) is 5.41 Å². The molecular formula is C39H30OS. The van der Waals surface area contributed by atoms with Crippen molar-refractivity contribution in [3.63, 3.8) is 0 Å². The Morgan fingerprint density at radius 1 is 0.634 bits per heavy atom. The quantitative estimate of drug-likeness (QED) is 0.196. The van der Waals surface area contributed by atoms with Gasteiger partial charge in [-0.15, -0.1) is 11.3 Å². The van der Waals surface area contributed by atoms with Gasteiger partial charge in [-0.2, -0.15) is 0 Å². The Balaban J connectivity index is 1.30. The molecule has 0 spiro atoms. The number of benzene rings is 6. The van der Waals surface area contributed by atoms with Gasteiger partial charge in [0.05, 0.1) is 4.70 Å². The summed E-state index contributed by atoms with van der Waals surface area (Å²) >= 11 is 1.84. The van der Waals surface area contributed by atoms with E-state index in [1.54, 1.807) is 0 Å². The molecule has 7 aromatic rings. The van der Waals surface area contributed by atoms with Crippen LogP contribution < -0.4 is 4.74 Å². The van der Waals surface area contributed by atoms with Gasteiger partial charge in [-0.25, -0.2) is 0 Å². The molecule has 8 rings (SSSR count). The molecule has 1 aliphatic rings.